The molecule has 2 heterocycles. The van der Waals surface area contributed by atoms with Crippen molar-refractivity contribution in [1.29, 1.82) is 0 Å². The summed E-state index contributed by atoms with van der Waals surface area (Å²) in [6.07, 6.45) is 17.4. The first kappa shape index (κ1) is 17.1. The zero-order chi connectivity index (χ0) is 16.8. The number of unbranched alkanes of at least 4 members (excludes halogenated alkanes) is 2. The first-order valence-electron chi connectivity index (χ1n) is 9.17. The molecule has 1 aliphatic rings. The summed E-state index contributed by atoms with van der Waals surface area (Å²) in [5.74, 6) is 0. The molecule has 3 rings (SSSR count). The van der Waals surface area contributed by atoms with Crippen molar-refractivity contribution >= 4 is 11.7 Å². The van der Waals surface area contributed by atoms with Crippen LogP contribution in [0.5, 0.6) is 0 Å². The van der Waals surface area contributed by atoms with Gasteiger partial charge in [0.15, 0.2) is 5.65 Å². The van der Waals surface area contributed by atoms with E-state index in [9.17, 15) is 5.11 Å². The Labute approximate surface area is 143 Å². The van der Waals surface area contributed by atoms with E-state index in [0.29, 0.717) is 6.04 Å². The lowest BCUT2D eigenvalue weighted by Crippen LogP contribution is -2.34. The summed E-state index contributed by atoms with van der Waals surface area (Å²) in [5, 5.41) is 13.2. The van der Waals surface area contributed by atoms with Crippen LogP contribution in [-0.2, 0) is 6.54 Å². The predicted octanol–water partition coefficient (Wildman–Crippen LogP) is 3.33. The monoisotopic (exact) mass is 328 g/mol. The molecule has 0 aromatic carbocycles. The molecule has 2 aromatic rings. The number of nitrogens with one attached hydrogen (secondary N) is 1. The Bertz CT molecular complexity index is 671. The molecule has 1 fully saturated rings. The van der Waals surface area contributed by atoms with Gasteiger partial charge in [-0.05, 0) is 38.2 Å². The minimum absolute atomic E-state index is 0.114. The number of nitrogens with zero attached hydrogens (tertiary/aromatic N) is 3. The smallest absolute Gasteiger partial charge is 0.159 e. The van der Waals surface area contributed by atoms with Gasteiger partial charge in [-0.25, -0.2) is 9.97 Å². The molecule has 24 heavy (non-hydrogen) atoms. The SMILES string of the molecule is CCCC/C=C/c1cn2ccnc2c(CNC2CCC(O)CC2)n1. The maximum atomic E-state index is 9.62. The molecule has 0 radical (unpaired) electrons. The Hall–Kier alpha value is -1.72. The predicted molar refractivity (Wildman–Crippen MR) is 96.6 cm³/mol. The van der Waals surface area contributed by atoms with E-state index in [2.05, 4.69) is 29.4 Å². The average molecular weight is 328 g/mol. The first-order chi connectivity index (χ1) is 11.8. The zero-order valence-corrected chi connectivity index (χ0v) is 14.5. The van der Waals surface area contributed by atoms with Crippen LogP contribution in [0.15, 0.2) is 24.7 Å². The van der Waals surface area contributed by atoms with Crippen molar-refractivity contribution in [3.8, 4) is 0 Å². The molecule has 0 amide bonds. The highest BCUT2D eigenvalue weighted by molar-refractivity contribution is 5.51. The van der Waals surface area contributed by atoms with Gasteiger partial charge in [-0.1, -0.05) is 25.8 Å². The van der Waals surface area contributed by atoms with Gasteiger partial charge in [-0.2, -0.15) is 0 Å². The fourth-order valence-electron chi connectivity index (χ4n) is 3.26. The van der Waals surface area contributed by atoms with Crippen LogP contribution in [0.4, 0.5) is 0 Å². The minimum atomic E-state index is -0.114. The van der Waals surface area contributed by atoms with E-state index in [0.717, 1.165) is 55.7 Å². The number of allylic oxidation sites excluding steroid dienone is 1. The first-order valence-corrected chi connectivity index (χ1v) is 9.17. The van der Waals surface area contributed by atoms with Crippen LogP contribution in [0, 0.1) is 0 Å². The van der Waals surface area contributed by atoms with Crippen LogP contribution in [0.2, 0.25) is 0 Å². The van der Waals surface area contributed by atoms with Crippen molar-refractivity contribution < 1.29 is 5.11 Å². The van der Waals surface area contributed by atoms with Crippen molar-refractivity contribution in [1.82, 2.24) is 19.7 Å². The molecular formula is C19H28N4O. The lowest BCUT2D eigenvalue weighted by molar-refractivity contribution is 0.116. The summed E-state index contributed by atoms with van der Waals surface area (Å²) >= 11 is 0. The van der Waals surface area contributed by atoms with Crippen LogP contribution >= 0.6 is 0 Å². The molecule has 2 N–H and O–H groups in total. The van der Waals surface area contributed by atoms with Crippen LogP contribution < -0.4 is 5.32 Å². The van der Waals surface area contributed by atoms with Crippen LogP contribution in [-0.4, -0.2) is 31.6 Å². The second-order valence-corrected chi connectivity index (χ2v) is 6.70. The van der Waals surface area contributed by atoms with Gasteiger partial charge in [0.2, 0.25) is 0 Å². The Morgan fingerprint density at radius 2 is 2.17 bits per heavy atom. The molecule has 1 aliphatic carbocycles. The largest absolute Gasteiger partial charge is 0.393 e. The Morgan fingerprint density at radius 3 is 2.96 bits per heavy atom. The maximum Gasteiger partial charge on any atom is 0.159 e. The normalized spacial score (nSPS) is 21.8. The lowest BCUT2D eigenvalue weighted by Gasteiger charge is -2.26. The Balaban J connectivity index is 1.69. The number of hydrogen-bond acceptors (Lipinski definition) is 4. The van der Waals surface area contributed by atoms with Gasteiger partial charge in [-0.3, -0.25) is 0 Å². The molecule has 130 valence electrons. The van der Waals surface area contributed by atoms with E-state index >= 15 is 0 Å². The lowest BCUT2D eigenvalue weighted by atomic mass is 9.93. The number of aliphatic hydroxyl groups excluding tert-OH is 1. The molecule has 0 bridgehead atoms. The molecule has 5 heteroatoms. The van der Waals surface area contributed by atoms with E-state index in [4.69, 9.17) is 4.98 Å². The number of hydrogen-bond donors (Lipinski definition) is 2. The standard InChI is InChI=1S/C19H28N4O/c1-2-3-4-5-6-16-14-23-12-11-20-19(23)18(22-16)13-21-15-7-9-17(24)10-8-15/h5-6,11-12,14-15,17,21,24H,2-4,7-10,13H2,1H3/b6-5+. The van der Waals surface area contributed by atoms with Gasteiger partial charge in [0.1, 0.15) is 0 Å². The number of aromatic nitrogens is 3. The molecule has 0 spiro atoms. The van der Waals surface area contributed by atoms with E-state index in [1.54, 1.807) is 0 Å². The van der Waals surface area contributed by atoms with Crippen LogP contribution in [0.25, 0.3) is 11.7 Å². The molecule has 0 unspecified atom stereocenters. The molecule has 0 atom stereocenters. The average Bonchev–Trinajstić information content (AvgIpc) is 3.07. The fourth-order valence-corrected chi connectivity index (χ4v) is 3.26. The maximum absolute atomic E-state index is 9.62. The summed E-state index contributed by atoms with van der Waals surface area (Å²) in [6.45, 7) is 2.93. The van der Waals surface area contributed by atoms with Gasteiger partial charge in [0.25, 0.3) is 0 Å². The summed E-state index contributed by atoms with van der Waals surface area (Å²) in [7, 11) is 0. The van der Waals surface area contributed by atoms with Crippen LogP contribution in [0.1, 0.15) is 63.3 Å². The van der Waals surface area contributed by atoms with Gasteiger partial charge >= 0.3 is 0 Å². The Kier molecular flexibility index (Phi) is 5.99. The fraction of sp³-hybridized carbons (Fsp3) is 0.579. The molecule has 0 saturated heterocycles. The minimum Gasteiger partial charge on any atom is -0.393 e. The second kappa shape index (κ2) is 8.40. The van der Waals surface area contributed by atoms with E-state index in [1.807, 2.05) is 23.0 Å². The molecule has 0 aliphatic heterocycles. The summed E-state index contributed by atoms with van der Waals surface area (Å²) in [4.78, 5) is 9.23. The summed E-state index contributed by atoms with van der Waals surface area (Å²) < 4.78 is 2.05. The van der Waals surface area contributed by atoms with Crippen molar-refractivity contribution in [3.63, 3.8) is 0 Å². The molecule has 5 nitrogen and oxygen atoms in total. The molecular weight excluding hydrogens is 300 g/mol. The van der Waals surface area contributed by atoms with Gasteiger partial charge in [0, 0.05) is 31.2 Å². The zero-order valence-electron chi connectivity index (χ0n) is 14.5. The number of imidazole rings is 1. The number of fused-ring (bicyclic) bond motifs is 1. The van der Waals surface area contributed by atoms with E-state index in [-0.39, 0.29) is 6.10 Å². The highest BCUT2D eigenvalue weighted by Gasteiger charge is 2.19. The summed E-state index contributed by atoms with van der Waals surface area (Å²) in [6, 6.07) is 0.467. The summed E-state index contributed by atoms with van der Waals surface area (Å²) in [5.41, 5.74) is 2.89. The number of rotatable bonds is 7. The second-order valence-electron chi connectivity index (χ2n) is 6.70. The highest BCUT2D eigenvalue weighted by Crippen LogP contribution is 2.19. The third-order valence-corrected chi connectivity index (χ3v) is 4.73. The third-order valence-electron chi connectivity index (χ3n) is 4.73. The van der Waals surface area contributed by atoms with E-state index in [1.165, 1.54) is 12.8 Å². The van der Waals surface area contributed by atoms with Crippen molar-refractivity contribution in [2.45, 2.75) is 70.6 Å². The van der Waals surface area contributed by atoms with Crippen molar-refractivity contribution in [2.75, 3.05) is 0 Å². The van der Waals surface area contributed by atoms with Crippen molar-refractivity contribution in [3.05, 3.63) is 36.1 Å². The number of aliphatic hydroxyl groups is 1. The van der Waals surface area contributed by atoms with Crippen molar-refractivity contribution in [2.24, 2.45) is 0 Å². The van der Waals surface area contributed by atoms with Gasteiger partial charge in [0.05, 0.1) is 17.5 Å². The molecule has 1 saturated carbocycles. The van der Waals surface area contributed by atoms with Gasteiger partial charge in [-0.15, -0.1) is 0 Å². The topological polar surface area (TPSA) is 62.5 Å². The third kappa shape index (κ3) is 4.42. The molecule has 2 aromatic heterocycles. The highest BCUT2D eigenvalue weighted by atomic mass is 16.3. The van der Waals surface area contributed by atoms with Gasteiger partial charge < -0.3 is 14.8 Å². The van der Waals surface area contributed by atoms with Crippen LogP contribution in [0.3, 0.4) is 0 Å². The quantitative estimate of drug-likeness (QED) is 0.765. The Morgan fingerprint density at radius 1 is 1.33 bits per heavy atom. The van der Waals surface area contributed by atoms with E-state index < -0.39 is 0 Å².